The number of pyridine rings is 1. The predicted molar refractivity (Wildman–Crippen MR) is 64.8 cm³/mol. The van der Waals surface area contributed by atoms with Crippen LogP contribution in [0.5, 0.6) is 0 Å². The standard InChI is InChI=1S/C13H11F4N3/c14-11-5-9(6-19-7-11)12(20-18)8-1-3-10(4-2-8)13(15,16)17/h1-7,12,20H,18H2. The number of hydrogen-bond donors (Lipinski definition) is 2. The van der Waals surface area contributed by atoms with E-state index in [9.17, 15) is 17.6 Å². The maximum absolute atomic E-state index is 13.1. The minimum atomic E-state index is -4.40. The van der Waals surface area contributed by atoms with E-state index in [-0.39, 0.29) is 0 Å². The summed E-state index contributed by atoms with van der Waals surface area (Å²) in [5, 5.41) is 0. The lowest BCUT2D eigenvalue weighted by molar-refractivity contribution is -0.137. The van der Waals surface area contributed by atoms with Crippen LogP contribution in [-0.2, 0) is 6.18 Å². The molecule has 20 heavy (non-hydrogen) atoms. The maximum atomic E-state index is 13.1. The van der Waals surface area contributed by atoms with Crippen LogP contribution < -0.4 is 11.3 Å². The van der Waals surface area contributed by atoms with Crippen molar-refractivity contribution in [2.75, 3.05) is 0 Å². The van der Waals surface area contributed by atoms with Crippen molar-refractivity contribution >= 4 is 0 Å². The summed E-state index contributed by atoms with van der Waals surface area (Å²) in [6, 6.07) is 5.06. The van der Waals surface area contributed by atoms with Gasteiger partial charge in [0.15, 0.2) is 0 Å². The highest BCUT2D eigenvalue weighted by Crippen LogP contribution is 2.30. The van der Waals surface area contributed by atoms with E-state index in [1.54, 1.807) is 0 Å². The van der Waals surface area contributed by atoms with Crippen molar-refractivity contribution in [2.45, 2.75) is 12.2 Å². The lowest BCUT2D eigenvalue weighted by Gasteiger charge is -2.17. The van der Waals surface area contributed by atoms with E-state index in [2.05, 4.69) is 10.4 Å². The van der Waals surface area contributed by atoms with E-state index in [1.165, 1.54) is 24.4 Å². The number of nitrogens with zero attached hydrogens (tertiary/aromatic N) is 1. The largest absolute Gasteiger partial charge is 0.416 e. The highest BCUT2D eigenvalue weighted by molar-refractivity contribution is 5.33. The molecule has 1 atom stereocenters. The van der Waals surface area contributed by atoms with E-state index < -0.39 is 23.6 Å². The first kappa shape index (κ1) is 14.4. The van der Waals surface area contributed by atoms with Gasteiger partial charge in [0.05, 0.1) is 17.8 Å². The molecule has 106 valence electrons. The van der Waals surface area contributed by atoms with Crippen LogP contribution in [-0.4, -0.2) is 4.98 Å². The summed E-state index contributed by atoms with van der Waals surface area (Å²) in [6.45, 7) is 0. The van der Waals surface area contributed by atoms with Gasteiger partial charge in [-0.25, -0.2) is 9.82 Å². The second-order valence-electron chi connectivity index (χ2n) is 4.16. The van der Waals surface area contributed by atoms with E-state index in [0.717, 1.165) is 18.3 Å². The fourth-order valence-electron chi connectivity index (χ4n) is 1.84. The molecular weight excluding hydrogens is 274 g/mol. The third-order valence-electron chi connectivity index (χ3n) is 2.80. The second-order valence-corrected chi connectivity index (χ2v) is 4.16. The van der Waals surface area contributed by atoms with E-state index in [1.807, 2.05) is 0 Å². The van der Waals surface area contributed by atoms with Crippen LogP contribution in [0.2, 0.25) is 0 Å². The number of nitrogens with two attached hydrogens (primary N) is 1. The first-order valence-corrected chi connectivity index (χ1v) is 5.65. The summed E-state index contributed by atoms with van der Waals surface area (Å²) in [6.07, 6.45) is -1.97. The predicted octanol–water partition coefficient (Wildman–Crippen LogP) is 2.79. The van der Waals surface area contributed by atoms with Gasteiger partial charge in [0, 0.05) is 6.20 Å². The normalized spacial score (nSPS) is 13.2. The molecule has 2 aromatic rings. The SMILES string of the molecule is NNC(c1ccc(C(F)(F)F)cc1)c1cncc(F)c1. The second kappa shape index (κ2) is 5.56. The molecule has 0 bridgehead atoms. The molecule has 1 unspecified atom stereocenters. The molecule has 1 heterocycles. The number of rotatable bonds is 3. The highest BCUT2D eigenvalue weighted by Gasteiger charge is 2.30. The average Bonchev–Trinajstić information content (AvgIpc) is 2.39. The van der Waals surface area contributed by atoms with Crippen molar-refractivity contribution in [2.24, 2.45) is 5.84 Å². The lowest BCUT2D eigenvalue weighted by atomic mass is 9.99. The molecule has 0 radical (unpaired) electrons. The zero-order chi connectivity index (χ0) is 14.8. The summed E-state index contributed by atoms with van der Waals surface area (Å²) in [5.74, 6) is 4.84. The number of hydrogen-bond acceptors (Lipinski definition) is 3. The molecule has 1 aromatic heterocycles. The van der Waals surface area contributed by atoms with Crippen LogP contribution >= 0.6 is 0 Å². The molecule has 0 saturated heterocycles. The summed E-state index contributed by atoms with van der Waals surface area (Å²) in [7, 11) is 0. The van der Waals surface area contributed by atoms with Gasteiger partial charge in [0.25, 0.3) is 0 Å². The first-order chi connectivity index (χ1) is 9.41. The van der Waals surface area contributed by atoms with Gasteiger partial charge in [-0.2, -0.15) is 13.2 Å². The average molecular weight is 285 g/mol. The summed E-state index contributed by atoms with van der Waals surface area (Å²) in [4.78, 5) is 3.68. The van der Waals surface area contributed by atoms with E-state index in [0.29, 0.717) is 11.1 Å². The molecule has 0 aliphatic heterocycles. The molecule has 1 aromatic carbocycles. The summed E-state index contributed by atoms with van der Waals surface area (Å²) >= 11 is 0. The lowest BCUT2D eigenvalue weighted by Crippen LogP contribution is -2.29. The molecule has 0 spiro atoms. The van der Waals surface area contributed by atoms with Crippen molar-refractivity contribution in [1.82, 2.24) is 10.4 Å². The van der Waals surface area contributed by atoms with Crippen molar-refractivity contribution in [3.05, 3.63) is 65.2 Å². The number of benzene rings is 1. The molecule has 3 N–H and O–H groups in total. The smallest absolute Gasteiger partial charge is 0.271 e. The van der Waals surface area contributed by atoms with Gasteiger partial charge in [-0.15, -0.1) is 0 Å². The van der Waals surface area contributed by atoms with Gasteiger partial charge in [-0.05, 0) is 29.3 Å². The quantitative estimate of drug-likeness (QED) is 0.518. The zero-order valence-electron chi connectivity index (χ0n) is 10.2. The molecule has 7 heteroatoms. The number of nitrogens with one attached hydrogen (secondary N) is 1. The minimum absolute atomic E-state index is 0.423. The monoisotopic (exact) mass is 285 g/mol. The number of halogens is 4. The third-order valence-corrected chi connectivity index (χ3v) is 2.80. The minimum Gasteiger partial charge on any atom is -0.271 e. The Kier molecular flexibility index (Phi) is 4.01. The molecule has 3 nitrogen and oxygen atoms in total. The van der Waals surface area contributed by atoms with Crippen molar-refractivity contribution in [3.8, 4) is 0 Å². The Labute approximate surface area is 112 Å². The van der Waals surface area contributed by atoms with Crippen molar-refractivity contribution < 1.29 is 17.6 Å². The molecule has 2 rings (SSSR count). The van der Waals surface area contributed by atoms with Gasteiger partial charge < -0.3 is 0 Å². The van der Waals surface area contributed by atoms with Crippen LogP contribution in [0.3, 0.4) is 0 Å². The van der Waals surface area contributed by atoms with Gasteiger partial charge >= 0.3 is 6.18 Å². The Morgan fingerprint density at radius 1 is 1.05 bits per heavy atom. The summed E-state index contributed by atoms with van der Waals surface area (Å²) < 4.78 is 50.6. The Morgan fingerprint density at radius 2 is 1.70 bits per heavy atom. The van der Waals surface area contributed by atoms with Crippen LogP contribution in [0.25, 0.3) is 0 Å². The van der Waals surface area contributed by atoms with Crippen LogP contribution in [0.1, 0.15) is 22.7 Å². The van der Waals surface area contributed by atoms with Gasteiger partial charge in [-0.3, -0.25) is 10.8 Å². The molecule has 0 aliphatic rings. The van der Waals surface area contributed by atoms with Gasteiger partial charge in [-0.1, -0.05) is 12.1 Å². The fraction of sp³-hybridized carbons (Fsp3) is 0.154. The van der Waals surface area contributed by atoms with Crippen LogP contribution in [0.4, 0.5) is 17.6 Å². The Bertz CT molecular complexity index is 581. The van der Waals surface area contributed by atoms with Crippen molar-refractivity contribution in [3.63, 3.8) is 0 Å². The van der Waals surface area contributed by atoms with Gasteiger partial charge in [0.1, 0.15) is 5.82 Å². The van der Waals surface area contributed by atoms with E-state index >= 15 is 0 Å². The number of aromatic nitrogens is 1. The maximum Gasteiger partial charge on any atom is 0.416 e. The molecule has 0 amide bonds. The topological polar surface area (TPSA) is 50.9 Å². The van der Waals surface area contributed by atoms with E-state index in [4.69, 9.17) is 5.84 Å². The van der Waals surface area contributed by atoms with Crippen LogP contribution in [0.15, 0.2) is 42.7 Å². The zero-order valence-corrected chi connectivity index (χ0v) is 10.2. The molecule has 0 aliphatic carbocycles. The Balaban J connectivity index is 2.33. The first-order valence-electron chi connectivity index (χ1n) is 5.65. The molecule has 0 saturated carbocycles. The summed E-state index contributed by atoms with van der Waals surface area (Å²) in [5.41, 5.74) is 2.58. The Hall–Kier alpha value is -1.99. The molecule has 0 fully saturated rings. The van der Waals surface area contributed by atoms with Crippen LogP contribution in [0, 0.1) is 5.82 Å². The van der Waals surface area contributed by atoms with Gasteiger partial charge in [0.2, 0.25) is 0 Å². The molecular formula is C13H11F4N3. The fourth-order valence-corrected chi connectivity index (χ4v) is 1.84. The highest BCUT2D eigenvalue weighted by atomic mass is 19.4. The number of alkyl halides is 3. The van der Waals surface area contributed by atoms with Crippen molar-refractivity contribution in [1.29, 1.82) is 0 Å². The Morgan fingerprint density at radius 3 is 2.20 bits per heavy atom. The number of hydrazine groups is 1. The third kappa shape index (κ3) is 3.12.